The van der Waals surface area contributed by atoms with Gasteiger partial charge in [-0.25, -0.2) is 14.4 Å². The second kappa shape index (κ2) is 10.6. The quantitative estimate of drug-likeness (QED) is 0.465. The first-order valence-corrected chi connectivity index (χ1v) is 11.2. The van der Waals surface area contributed by atoms with Crippen molar-refractivity contribution in [1.29, 1.82) is 0 Å². The second-order valence-electron chi connectivity index (χ2n) is 7.79. The van der Waals surface area contributed by atoms with Crippen molar-refractivity contribution in [2.45, 2.75) is 19.3 Å². The predicted molar refractivity (Wildman–Crippen MR) is 129 cm³/mol. The number of carbonyl (C=O) groups excluding carboxylic acids is 1. The first-order chi connectivity index (χ1) is 16.0. The zero-order valence-electron chi connectivity index (χ0n) is 18.3. The Kier molecular flexibility index (Phi) is 7.36. The van der Waals surface area contributed by atoms with Crippen LogP contribution in [0.2, 0.25) is 5.02 Å². The normalized spacial score (nSPS) is 14.5. The highest BCUT2D eigenvalue weighted by atomic mass is 35.5. The zero-order valence-corrected chi connectivity index (χ0v) is 19.0. The van der Waals surface area contributed by atoms with E-state index in [1.165, 1.54) is 57.0 Å². The minimum absolute atomic E-state index is 0.185. The van der Waals surface area contributed by atoms with E-state index in [-0.39, 0.29) is 11.6 Å². The highest BCUT2D eigenvalue weighted by molar-refractivity contribution is 6.30. The first-order valence-electron chi connectivity index (χ1n) is 10.8. The van der Waals surface area contributed by atoms with Crippen LogP contribution in [0.4, 0.5) is 21.6 Å². The van der Waals surface area contributed by atoms with Crippen LogP contribution in [0.3, 0.4) is 0 Å². The third kappa shape index (κ3) is 5.77. The van der Waals surface area contributed by atoms with Gasteiger partial charge in [0.05, 0.1) is 24.0 Å². The van der Waals surface area contributed by atoms with Crippen LogP contribution in [0.25, 0.3) is 10.9 Å². The minimum atomic E-state index is -0.466. The molecule has 2 N–H and O–H groups in total. The Bertz CT molecular complexity index is 1180. The molecular formula is C24H25ClFN5O2. The maximum absolute atomic E-state index is 14.2. The van der Waals surface area contributed by atoms with Gasteiger partial charge < -0.3 is 15.4 Å². The number of benzene rings is 2. The van der Waals surface area contributed by atoms with E-state index in [4.69, 9.17) is 16.3 Å². The largest absolute Gasteiger partial charge is 0.494 e. The molecular weight excluding hydrogens is 445 g/mol. The van der Waals surface area contributed by atoms with Crippen molar-refractivity contribution in [3.8, 4) is 5.75 Å². The Morgan fingerprint density at radius 2 is 2.00 bits per heavy atom. The number of hydrogen-bond donors (Lipinski definition) is 2. The highest BCUT2D eigenvalue weighted by Gasteiger charge is 2.14. The smallest absolute Gasteiger partial charge is 0.248 e. The number of anilines is 3. The number of nitrogens with one attached hydrogen (secondary N) is 2. The molecule has 0 spiro atoms. The van der Waals surface area contributed by atoms with E-state index in [1.807, 2.05) is 6.08 Å². The molecule has 33 heavy (non-hydrogen) atoms. The molecule has 9 heteroatoms. The molecule has 1 aliphatic rings. The zero-order chi connectivity index (χ0) is 23.2. The SMILES string of the molecule is COc1cc2ncnc(Nc3cc(Cl)ccc3F)c2cc1NC(=O)/C=C/CN1CCCCC1. The molecule has 3 aromatic rings. The van der Waals surface area contributed by atoms with Crippen LogP contribution in [0, 0.1) is 5.82 Å². The number of fused-ring (bicyclic) bond motifs is 1. The number of aromatic nitrogens is 2. The number of methoxy groups -OCH3 is 1. The van der Waals surface area contributed by atoms with Crippen LogP contribution in [-0.2, 0) is 4.79 Å². The summed E-state index contributed by atoms with van der Waals surface area (Å²) in [5, 5.41) is 6.80. The fourth-order valence-electron chi connectivity index (χ4n) is 3.80. The fourth-order valence-corrected chi connectivity index (χ4v) is 3.97. The summed E-state index contributed by atoms with van der Waals surface area (Å²) in [6.45, 7) is 2.87. The lowest BCUT2D eigenvalue weighted by molar-refractivity contribution is -0.111. The van der Waals surface area contributed by atoms with Gasteiger partial charge >= 0.3 is 0 Å². The van der Waals surface area contributed by atoms with Crippen LogP contribution >= 0.6 is 11.6 Å². The number of nitrogens with zero attached hydrogens (tertiary/aromatic N) is 3. The Morgan fingerprint density at radius 1 is 1.18 bits per heavy atom. The lowest BCUT2D eigenvalue weighted by Gasteiger charge is -2.24. The number of hydrogen-bond acceptors (Lipinski definition) is 6. The van der Waals surface area contributed by atoms with E-state index in [0.29, 0.717) is 33.2 Å². The molecule has 1 aliphatic heterocycles. The van der Waals surface area contributed by atoms with E-state index in [1.54, 1.807) is 12.1 Å². The maximum atomic E-state index is 14.2. The highest BCUT2D eigenvalue weighted by Crippen LogP contribution is 2.33. The van der Waals surface area contributed by atoms with Gasteiger partial charge in [-0.05, 0) is 50.2 Å². The summed E-state index contributed by atoms with van der Waals surface area (Å²) < 4.78 is 19.7. The molecule has 1 fully saturated rings. The second-order valence-corrected chi connectivity index (χ2v) is 8.23. The summed E-state index contributed by atoms with van der Waals surface area (Å²) >= 11 is 6.00. The predicted octanol–water partition coefficient (Wildman–Crippen LogP) is 5.16. The number of amides is 1. The summed E-state index contributed by atoms with van der Waals surface area (Å²) in [7, 11) is 1.52. The standard InChI is InChI=1S/C24H25ClFN5O2/c1-33-22-14-19-17(24(28-15-27-19)30-20-12-16(25)7-8-18(20)26)13-21(22)29-23(32)6-5-11-31-9-3-2-4-10-31/h5-8,12-15H,2-4,9-11H2,1H3,(H,29,32)(H,27,28,30)/b6-5+. The molecule has 2 aromatic carbocycles. The van der Waals surface area contributed by atoms with Crippen LogP contribution in [0.5, 0.6) is 5.75 Å². The van der Waals surface area contributed by atoms with Gasteiger partial charge in [-0.1, -0.05) is 24.1 Å². The molecule has 1 aromatic heterocycles. The van der Waals surface area contributed by atoms with Gasteiger partial charge in [0, 0.05) is 29.1 Å². The summed E-state index contributed by atoms with van der Waals surface area (Å²) in [6.07, 6.45) is 8.44. The molecule has 0 unspecified atom stereocenters. The average Bonchev–Trinajstić information content (AvgIpc) is 2.82. The fraction of sp³-hybridized carbons (Fsp3) is 0.292. The molecule has 1 amide bonds. The van der Waals surface area contributed by atoms with Crippen molar-refractivity contribution in [2.75, 3.05) is 37.4 Å². The van der Waals surface area contributed by atoms with Gasteiger partial charge in [-0.15, -0.1) is 0 Å². The monoisotopic (exact) mass is 469 g/mol. The molecule has 2 heterocycles. The Balaban J connectivity index is 1.56. The Labute approximate surface area is 196 Å². The van der Waals surface area contributed by atoms with Gasteiger partial charge in [-0.2, -0.15) is 0 Å². The van der Waals surface area contributed by atoms with Crippen molar-refractivity contribution >= 4 is 45.6 Å². The minimum Gasteiger partial charge on any atom is -0.494 e. The number of halogens is 2. The topological polar surface area (TPSA) is 79.4 Å². The van der Waals surface area contributed by atoms with Crippen LogP contribution < -0.4 is 15.4 Å². The van der Waals surface area contributed by atoms with Crippen LogP contribution in [0.15, 0.2) is 48.8 Å². The van der Waals surface area contributed by atoms with Crippen LogP contribution in [-0.4, -0.2) is 47.5 Å². The number of likely N-dealkylation sites (tertiary alicyclic amines) is 1. The Hall–Kier alpha value is -3.23. The molecule has 172 valence electrons. The van der Waals surface area contributed by atoms with E-state index < -0.39 is 5.82 Å². The molecule has 1 saturated heterocycles. The van der Waals surface area contributed by atoms with Crippen molar-refractivity contribution < 1.29 is 13.9 Å². The summed E-state index contributed by atoms with van der Waals surface area (Å²) in [6, 6.07) is 7.62. The molecule has 4 rings (SSSR count). The summed E-state index contributed by atoms with van der Waals surface area (Å²) in [5.74, 6) is 0.0998. The molecule has 7 nitrogen and oxygen atoms in total. The number of piperidine rings is 1. The molecule has 0 atom stereocenters. The van der Waals surface area contributed by atoms with Gasteiger partial charge in [0.15, 0.2) is 0 Å². The van der Waals surface area contributed by atoms with Crippen molar-refractivity contribution in [3.63, 3.8) is 0 Å². The summed E-state index contributed by atoms with van der Waals surface area (Å²) in [4.78, 5) is 23.4. The van der Waals surface area contributed by atoms with E-state index in [2.05, 4.69) is 25.5 Å². The van der Waals surface area contributed by atoms with E-state index in [0.717, 1.165) is 19.6 Å². The van der Waals surface area contributed by atoms with Crippen molar-refractivity contribution in [2.24, 2.45) is 0 Å². The molecule has 0 radical (unpaired) electrons. The van der Waals surface area contributed by atoms with E-state index in [9.17, 15) is 9.18 Å². The van der Waals surface area contributed by atoms with Crippen molar-refractivity contribution in [3.05, 3.63) is 59.7 Å². The number of rotatable bonds is 7. The van der Waals surface area contributed by atoms with Gasteiger partial charge in [0.2, 0.25) is 5.91 Å². The third-order valence-electron chi connectivity index (χ3n) is 5.48. The van der Waals surface area contributed by atoms with E-state index >= 15 is 0 Å². The summed E-state index contributed by atoms with van der Waals surface area (Å²) in [5.41, 5.74) is 1.22. The van der Waals surface area contributed by atoms with Gasteiger partial charge in [-0.3, -0.25) is 9.69 Å². The molecule has 0 aliphatic carbocycles. The van der Waals surface area contributed by atoms with Crippen LogP contribution in [0.1, 0.15) is 19.3 Å². The Morgan fingerprint density at radius 3 is 2.79 bits per heavy atom. The van der Waals surface area contributed by atoms with Crippen molar-refractivity contribution in [1.82, 2.24) is 14.9 Å². The lowest BCUT2D eigenvalue weighted by Crippen LogP contribution is -2.29. The first kappa shape index (κ1) is 22.9. The lowest BCUT2D eigenvalue weighted by atomic mass is 10.1. The number of carbonyl (C=O) groups is 1. The molecule has 0 bridgehead atoms. The number of ether oxygens (including phenoxy) is 1. The average molecular weight is 470 g/mol. The molecule has 0 saturated carbocycles. The van der Waals surface area contributed by atoms with Gasteiger partial charge in [0.25, 0.3) is 0 Å². The maximum Gasteiger partial charge on any atom is 0.248 e. The third-order valence-corrected chi connectivity index (χ3v) is 5.71. The van der Waals surface area contributed by atoms with Gasteiger partial charge in [0.1, 0.15) is 23.7 Å².